The van der Waals surface area contributed by atoms with Crippen molar-refractivity contribution in [3.05, 3.63) is 46.1 Å². The van der Waals surface area contributed by atoms with Crippen LogP contribution in [0.1, 0.15) is 19.3 Å². The Labute approximate surface area is 93.4 Å². The first kappa shape index (κ1) is 9.78. The number of hydrogen-bond acceptors (Lipinski definition) is 1. The van der Waals surface area contributed by atoms with Gasteiger partial charge in [-0.2, -0.15) is 0 Å². The summed E-state index contributed by atoms with van der Waals surface area (Å²) in [5.41, 5.74) is 2.75. The van der Waals surface area contributed by atoms with Crippen LogP contribution in [0.4, 0.5) is 0 Å². The van der Waals surface area contributed by atoms with Gasteiger partial charge in [0.25, 0.3) is 0 Å². The second-order valence-corrected chi connectivity index (χ2v) is 4.42. The number of allylic oxidation sites excluding steroid dienone is 6. The Bertz CT molecular complexity index is 334. The smallest absolute Gasteiger partial charge is 0.0334 e. The summed E-state index contributed by atoms with van der Waals surface area (Å²) in [6.07, 6.45) is 14.5. The van der Waals surface area contributed by atoms with Crippen molar-refractivity contribution in [1.82, 2.24) is 5.32 Å². The Kier molecular flexibility index (Phi) is 3.25. The number of hydrogen-bond donors (Lipinski definition) is 1. The van der Waals surface area contributed by atoms with Gasteiger partial charge in [-0.1, -0.05) is 46.3 Å². The largest absolute Gasteiger partial charge is 0.382 e. The van der Waals surface area contributed by atoms with Gasteiger partial charge in [-0.15, -0.1) is 0 Å². The molecule has 0 amide bonds. The molecule has 0 aromatic carbocycles. The summed E-state index contributed by atoms with van der Waals surface area (Å²) >= 11 is 3.52. The fourth-order valence-corrected chi connectivity index (χ4v) is 2.07. The summed E-state index contributed by atoms with van der Waals surface area (Å²) in [4.78, 5) is 0. The van der Waals surface area contributed by atoms with Crippen molar-refractivity contribution >= 4 is 15.9 Å². The molecule has 1 aliphatic carbocycles. The average molecular weight is 252 g/mol. The van der Waals surface area contributed by atoms with Crippen LogP contribution in [-0.4, -0.2) is 6.54 Å². The summed E-state index contributed by atoms with van der Waals surface area (Å²) in [5.74, 6) is 0. The van der Waals surface area contributed by atoms with Crippen LogP contribution in [-0.2, 0) is 0 Å². The van der Waals surface area contributed by atoms with Crippen molar-refractivity contribution in [1.29, 1.82) is 0 Å². The molecule has 14 heavy (non-hydrogen) atoms. The molecule has 1 aliphatic heterocycles. The van der Waals surface area contributed by atoms with Crippen molar-refractivity contribution < 1.29 is 0 Å². The minimum atomic E-state index is 0.909. The molecule has 0 spiro atoms. The summed E-state index contributed by atoms with van der Waals surface area (Å²) < 4.78 is 1.17. The third-order valence-electron chi connectivity index (χ3n) is 2.46. The Hall–Kier alpha value is -0.760. The number of rotatable bonds is 0. The van der Waals surface area contributed by atoms with Crippen LogP contribution in [0.2, 0.25) is 0 Å². The third kappa shape index (κ3) is 2.38. The van der Waals surface area contributed by atoms with Gasteiger partial charge in [-0.05, 0) is 24.8 Å². The molecule has 0 saturated carbocycles. The predicted molar refractivity (Wildman–Crippen MR) is 64.2 cm³/mol. The second-order valence-electron chi connectivity index (χ2n) is 3.50. The monoisotopic (exact) mass is 251 g/mol. The Balaban J connectivity index is 2.21. The molecule has 74 valence electrons. The summed E-state index contributed by atoms with van der Waals surface area (Å²) in [6, 6.07) is 0. The fraction of sp³-hybridized carbons (Fsp3) is 0.333. The minimum absolute atomic E-state index is 0.909. The van der Waals surface area contributed by atoms with Gasteiger partial charge in [0.15, 0.2) is 0 Å². The molecule has 0 unspecified atom stereocenters. The SMILES string of the molecule is BrC1=C/CC2=CCCC=C2NC/C=C\1. The van der Waals surface area contributed by atoms with Gasteiger partial charge < -0.3 is 5.32 Å². The zero-order chi connectivity index (χ0) is 9.80. The van der Waals surface area contributed by atoms with Crippen LogP contribution in [0.3, 0.4) is 0 Å². The molecule has 0 atom stereocenters. The molecule has 0 bridgehead atoms. The number of nitrogens with one attached hydrogen (secondary N) is 1. The Morgan fingerprint density at radius 2 is 2.00 bits per heavy atom. The van der Waals surface area contributed by atoms with E-state index < -0.39 is 0 Å². The van der Waals surface area contributed by atoms with Gasteiger partial charge in [0.05, 0.1) is 0 Å². The van der Waals surface area contributed by atoms with Gasteiger partial charge in [0, 0.05) is 16.7 Å². The molecule has 2 rings (SSSR count). The van der Waals surface area contributed by atoms with E-state index in [1.165, 1.54) is 28.6 Å². The van der Waals surface area contributed by atoms with Gasteiger partial charge in [0.2, 0.25) is 0 Å². The molecule has 2 heteroatoms. The van der Waals surface area contributed by atoms with Crippen LogP contribution in [0.25, 0.3) is 0 Å². The van der Waals surface area contributed by atoms with E-state index in [-0.39, 0.29) is 0 Å². The minimum Gasteiger partial charge on any atom is -0.382 e. The highest BCUT2D eigenvalue weighted by Crippen LogP contribution is 2.22. The van der Waals surface area contributed by atoms with E-state index in [0.717, 1.165) is 13.0 Å². The maximum atomic E-state index is 3.52. The van der Waals surface area contributed by atoms with Crippen molar-refractivity contribution in [3.8, 4) is 0 Å². The molecule has 2 aliphatic rings. The van der Waals surface area contributed by atoms with Gasteiger partial charge in [0.1, 0.15) is 0 Å². The lowest BCUT2D eigenvalue weighted by Gasteiger charge is -2.15. The number of fused-ring (bicyclic) bond motifs is 1. The first-order valence-corrected chi connectivity index (χ1v) is 5.81. The lowest BCUT2D eigenvalue weighted by Crippen LogP contribution is -2.15. The Morgan fingerprint density at radius 3 is 2.93 bits per heavy atom. The van der Waals surface area contributed by atoms with Gasteiger partial charge >= 0.3 is 0 Å². The highest BCUT2D eigenvalue weighted by molar-refractivity contribution is 9.11. The Morgan fingerprint density at radius 1 is 1.14 bits per heavy atom. The standard InChI is InChI=1S/C12H14BrN/c13-11-5-3-9-14-12-6-2-1-4-10(12)7-8-11/h3-6,8,14H,1-2,7,9H2/b5-3-,11-8+. The normalized spacial score (nSPS) is 27.6. The molecule has 0 radical (unpaired) electrons. The van der Waals surface area contributed by atoms with Crippen molar-refractivity contribution in [3.63, 3.8) is 0 Å². The molecular formula is C12H14BrN. The summed E-state index contributed by atoms with van der Waals surface area (Å²) in [6.45, 7) is 0.909. The van der Waals surface area contributed by atoms with E-state index in [4.69, 9.17) is 0 Å². The highest BCUT2D eigenvalue weighted by Gasteiger charge is 2.07. The molecule has 1 heterocycles. The van der Waals surface area contributed by atoms with Crippen molar-refractivity contribution in [2.75, 3.05) is 6.54 Å². The molecule has 1 N–H and O–H groups in total. The highest BCUT2D eigenvalue weighted by atomic mass is 79.9. The lowest BCUT2D eigenvalue weighted by molar-refractivity contribution is 0.852. The van der Waals surface area contributed by atoms with Crippen molar-refractivity contribution in [2.45, 2.75) is 19.3 Å². The first-order valence-electron chi connectivity index (χ1n) is 5.02. The number of halogens is 1. The zero-order valence-electron chi connectivity index (χ0n) is 8.09. The van der Waals surface area contributed by atoms with Crippen LogP contribution in [0.5, 0.6) is 0 Å². The third-order valence-corrected chi connectivity index (χ3v) is 3.04. The first-order chi connectivity index (χ1) is 6.86. The van der Waals surface area contributed by atoms with E-state index in [2.05, 4.69) is 51.6 Å². The molecule has 1 nitrogen and oxygen atoms in total. The molecular weight excluding hydrogens is 238 g/mol. The molecule has 0 aromatic rings. The van der Waals surface area contributed by atoms with Crippen LogP contribution in [0, 0.1) is 0 Å². The van der Waals surface area contributed by atoms with Crippen LogP contribution < -0.4 is 5.32 Å². The van der Waals surface area contributed by atoms with E-state index >= 15 is 0 Å². The summed E-state index contributed by atoms with van der Waals surface area (Å²) in [7, 11) is 0. The van der Waals surface area contributed by atoms with E-state index in [0.29, 0.717) is 0 Å². The van der Waals surface area contributed by atoms with Crippen molar-refractivity contribution in [2.24, 2.45) is 0 Å². The maximum absolute atomic E-state index is 3.52. The topological polar surface area (TPSA) is 12.0 Å². The van der Waals surface area contributed by atoms with E-state index in [1.54, 1.807) is 0 Å². The maximum Gasteiger partial charge on any atom is 0.0334 e. The molecule has 0 saturated heterocycles. The zero-order valence-corrected chi connectivity index (χ0v) is 9.68. The molecule has 0 fully saturated rings. The van der Waals surface area contributed by atoms with Gasteiger partial charge in [-0.3, -0.25) is 0 Å². The van der Waals surface area contributed by atoms with Gasteiger partial charge in [-0.25, -0.2) is 0 Å². The summed E-state index contributed by atoms with van der Waals surface area (Å²) in [5, 5.41) is 3.44. The van der Waals surface area contributed by atoms with E-state index in [1.807, 2.05) is 0 Å². The quantitative estimate of drug-likeness (QED) is 0.696. The van der Waals surface area contributed by atoms with E-state index in [9.17, 15) is 0 Å². The second kappa shape index (κ2) is 4.65. The van der Waals surface area contributed by atoms with Crippen LogP contribution >= 0.6 is 15.9 Å². The lowest BCUT2D eigenvalue weighted by atomic mass is 10.0. The van der Waals surface area contributed by atoms with Crippen LogP contribution in [0.15, 0.2) is 46.1 Å². The average Bonchev–Trinajstić information content (AvgIpc) is 2.30. The predicted octanol–water partition coefficient (Wildman–Crippen LogP) is 3.42. The fourth-order valence-electron chi connectivity index (χ4n) is 1.72. The molecule has 0 aromatic heterocycles.